The Morgan fingerprint density at radius 3 is 2.12 bits per heavy atom. The third-order valence-electron chi connectivity index (χ3n) is 11.3. The maximum Gasteiger partial charge on any atom is 0.410 e. The molecule has 2 aromatic heterocycles. The van der Waals surface area contributed by atoms with Gasteiger partial charge >= 0.3 is 12.2 Å². The molecule has 0 bridgehead atoms. The Morgan fingerprint density at radius 2 is 1.45 bits per heavy atom. The van der Waals surface area contributed by atoms with Gasteiger partial charge in [-0.25, -0.2) is 19.6 Å². The average molecular weight is 758 g/mol. The van der Waals surface area contributed by atoms with Crippen molar-refractivity contribution >= 4 is 29.1 Å². The molecule has 3 unspecified atom stereocenters. The van der Waals surface area contributed by atoms with Crippen LogP contribution in [0.1, 0.15) is 95.2 Å². The van der Waals surface area contributed by atoms with Crippen LogP contribution in [-0.4, -0.2) is 79.7 Å². The number of fused-ring (bicyclic) bond motifs is 4. The van der Waals surface area contributed by atoms with Crippen molar-refractivity contribution in [3.8, 4) is 33.5 Å². The van der Waals surface area contributed by atoms with Crippen molar-refractivity contribution in [3.05, 3.63) is 83.6 Å². The van der Waals surface area contributed by atoms with E-state index in [1.807, 2.05) is 51.8 Å². The average Bonchev–Trinajstić information content (AvgIpc) is 4.01. The Balaban J connectivity index is 0.987. The van der Waals surface area contributed by atoms with Gasteiger partial charge in [0.2, 0.25) is 5.91 Å². The second kappa shape index (κ2) is 14.8. The summed E-state index contributed by atoms with van der Waals surface area (Å²) < 4.78 is 10.5. The number of rotatable bonds is 7. The molecule has 0 saturated carbocycles. The molecule has 0 radical (unpaired) electrons. The van der Waals surface area contributed by atoms with Gasteiger partial charge in [0.05, 0.1) is 42.1 Å². The van der Waals surface area contributed by atoms with Crippen molar-refractivity contribution in [3.63, 3.8) is 0 Å². The van der Waals surface area contributed by atoms with E-state index in [2.05, 4.69) is 63.8 Å². The van der Waals surface area contributed by atoms with E-state index in [0.717, 1.165) is 83.6 Å². The Labute approximate surface area is 327 Å². The molecule has 2 saturated heterocycles. The summed E-state index contributed by atoms with van der Waals surface area (Å²) in [6, 6.07) is 18.7. The molecule has 12 nitrogen and oxygen atoms in total. The lowest BCUT2D eigenvalue weighted by atomic mass is 9.83. The van der Waals surface area contributed by atoms with Gasteiger partial charge in [0.25, 0.3) is 0 Å². The van der Waals surface area contributed by atoms with E-state index in [-0.39, 0.29) is 30.0 Å². The first kappa shape index (κ1) is 37.3. The topological polar surface area (TPSA) is 146 Å². The molecule has 3 N–H and O–H groups in total. The van der Waals surface area contributed by atoms with Gasteiger partial charge in [-0.2, -0.15) is 0 Å². The minimum atomic E-state index is -0.678. The molecular weight excluding hydrogens is 707 g/mol. The number of imidazole rings is 2. The number of hydrogen-bond donors (Lipinski definition) is 3. The quantitative estimate of drug-likeness (QED) is 0.151. The fraction of sp³-hybridized carbons (Fsp3) is 0.432. The van der Waals surface area contributed by atoms with Crippen molar-refractivity contribution in [2.24, 2.45) is 5.92 Å². The molecule has 2 aliphatic heterocycles. The van der Waals surface area contributed by atoms with Crippen LogP contribution in [0.2, 0.25) is 0 Å². The normalized spacial score (nSPS) is 18.6. The molecule has 12 heteroatoms. The molecule has 56 heavy (non-hydrogen) atoms. The number of methoxy groups -OCH3 is 1. The Morgan fingerprint density at radius 1 is 0.821 bits per heavy atom. The number of hydrogen-bond acceptors (Lipinski definition) is 7. The molecule has 2 fully saturated rings. The molecular formula is C44H51N7O5. The van der Waals surface area contributed by atoms with E-state index in [1.165, 1.54) is 29.4 Å². The molecule has 3 aromatic carbocycles. The Hall–Kier alpha value is -5.65. The van der Waals surface area contributed by atoms with Crippen LogP contribution in [-0.2, 0) is 27.1 Å². The number of nitrogens with one attached hydrogen (secondary N) is 3. The number of carbonyl (C=O) groups excluding carboxylic acids is 3. The first-order valence-corrected chi connectivity index (χ1v) is 19.8. The number of H-pyrrole nitrogens is 2. The van der Waals surface area contributed by atoms with Crippen LogP contribution in [0.5, 0.6) is 0 Å². The van der Waals surface area contributed by atoms with Crippen LogP contribution in [0.15, 0.2) is 60.8 Å². The number of nitrogens with zero attached hydrogens (tertiary/aromatic N) is 4. The van der Waals surface area contributed by atoms with Crippen LogP contribution in [0.25, 0.3) is 44.5 Å². The lowest BCUT2D eigenvalue weighted by molar-refractivity contribution is -0.135. The van der Waals surface area contributed by atoms with Gasteiger partial charge in [-0.3, -0.25) is 9.69 Å². The summed E-state index contributed by atoms with van der Waals surface area (Å²) in [5, 5.41) is 2.72. The lowest BCUT2D eigenvalue weighted by Gasteiger charge is -2.29. The fourth-order valence-corrected chi connectivity index (χ4v) is 8.55. The third kappa shape index (κ3) is 7.24. The number of aromatic amines is 2. The van der Waals surface area contributed by atoms with Crippen LogP contribution in [0, 0.1) is 5.92 Å². The summed E-state index contributed by atoms with van der Waals surface area (Å²) in [5.74, 6) is 1.34. The maximum absolute atomic E-state index is 13.7. The van der Waals surface area contributed by atoms with Crippen LogP contribution >= 0.6 is 0 Å². The molecule has 292 valence electrons. The van der Waals surface area contributed by atoms with Crippen LogP contribution in [0.4, 0.5) is 9.59 Å². The molecule has 0 spiro atoms. The fourth-order valence-electron chi connectivity index (χ4n) is 8.55. The number of aryl methyl sites for hydroxylation is 2. The number of ether oxygens (including phenoxy) is 2. The van der Waals surface area contributed by atoms with Crippen molar-refractivity contribution in [1.29, 1.82) is 0 Å². The van der Waals surface area contributed by atoms with Crippen molar-refractivity contribution in [2.75, 3.05) is 20.2 Å². The molecule has 1 aliphatic carbocycles. The largest absolute Gasteiger partial charge is 0.453 e. The number of amides is 3. The van der Waals surface area contributed by atoms with Crippen molar-refractivity contribution in [2.45, 2.75) is 96.9 Å². The predicted octanol–water partition coefficient (Wildman–Crippen LogP) is 8.50. The highest BCUT2D eigenvalue weighted by molar-refractivity contribution is 5.87. The van der Waals surface area contributed by atoms with Crippen LogP contribution < -0.4 is 5.32 Å². The highest BCUT2D eigenvalue weighted by Crippen LogP contribution is 2.40. The van der Waals surface area contributed by atoms with Crippen molar-refractivity contribution in [1.82, 2.24) is 35.1 Å². The first-order valence-electron chi connectivity index (χ1n) is 19.8. The summed E-state index contributed by atoms with van der Waals surface area (Å²) in [6.45, 7) is 10.8. The van der Waals surface area contributed by atoms with E-state index in [9.17, 15) is 14.4 Å². The minimum Gasteiger partial charge on any atom is -0.453 e. The maximum atomic E-state index is 13.7. The molecule has 3 atom stereocenters. The standard InChI is InChI=1S/C44H51N7O5/c1-25(2)38(49-42(53)55-6)41(52)50-19-7-10-37(50)40-46-33-18-15-27(23-34(33)47-40)26-13-16-31-28(21-26)11-12-29-22-30(14-17-32(29)31)35-24-45-39(48-35)36-9-8-20-51(36)43(54)56-44(3,4)5/h13-18,21-25,36-38H,7-12,19-20H2,1-6H3,(H,45,48)(H,46,47)(H,49,53). The Kier molecular flexibility index (Phi) is 9.84. The monoisotopic (exact) mass is 757 g/mol. The van der Waals surface area contributed by atoms with E-state index in [0.29, 0.717) is 13.1 Å². The zero-order chi connectivity index (χ0) is 39.3. The van der Waals surface area contributed by atoms with Gasteiger partial charge in [-0.1, -0.05) is 50.2 Å². The predicted molar refractivity (Wildman–Crippen MR) is 215 cm³/mol. The van der Waals surface area contributed by atoms with Gasteiger partial charge in [-0.15, -0.1) is 0 Å². The number of aromatic nitrogens is 4. The van der Waals surface area contributed by atoms with Gasteiger partial charge in [0.1, 0.15) is 23.3 Å². The summed E-state index contributed by atoms with van der Waals surface area (Å²) in [6.07, 6.45) is 6.27. The second-order valence-electron chi connectivity index (χ2n) is 16.7. The van der Waals surface area contributed by atoms with E-state index < -0.39 is 17.7 Å². The van der Waals surface area contributed by atoms with Crippen molar-refractivity contribution < 1.29 is 23.9 Å². The molecule has 5 aromatic rings. The smallest absolute Gasteiger partial charge is 0.410 e. The summed E-state index contributed by atoms with van der Waals surface area (Å²) in [5.41, 5.74) is 10.6. The summed E-state index contributed by atoms with van der Waals surface area (Å²) in [4.78, 5) is 58.9. The number of carbonyl (C=O) groups is 3. The summed E-state index contributed by atoms with van der Waals surface area (Å²) >= 11 is 0. The highest BCUT2D eigenvalue weighted by Gasteiger charge is 2.38. The second-order valence-corrected chi connectivity index (χ2v) is 16.7. The number of alkyl carbamates (subject to hydrolysis) is 1. The zero-order valence-electron chi connectivity index (χ0n) is 33.1. The van der Waals surface area contributed by atoms with Gasteiger partial charge in [-0.05, 0) is 122 Å². The summed E-state index contributed by atoms with van der Waals surface area (Å²) in [7, 11) is 1.30. The van der Waals surface area contributed by atoms with Gasteiger partial charge in [0.15, 0.2) is 0 Å². The third-order valence-corrected chi connectivity index (χ3v) is 11.3. The molecule has 3 amide bonds. The van der Waals surface area contributed by atoms with E-state index in [4.69, 9.17) is 19.4 Å². The Bertz CT molecular complexity index is 2300. The van der Waals surface area contributed by atoms with E-state index in [1.54, 1.807) is 4.90 Å². The minimum absolute atomic E-state index is 0.0953. The van der Waals surface area contributed by atoms with Crippen LogP contribution in [0.3, 0.4) is 0 Å². The van der Waals surface area contributed by atoms with E-state index >= 15 is 0 Å². The molecule has 4 heterocycles. The molecule has 8 rings (SSSR count). The van der Waals surface area contributed by atoms with Gasteiger partial charge in [0, 0.05) is 13.1 Å². The first-order chi connectivity index (χ1) is 26.9. The number of benzene rings is 3. The van der Waals surface area contributed by atoms with Gasteiger partial charge < -0.3 is 29.7 Å². The molecule has 3 aliphatic rings. The lowest BCUT2D eigenvalue weighted by Crippen LogP contribution is -2.51. The SMILES string of the molecule is COC(=O)NC(C(=O)N1CCCC1c1nc2ccc(-c3ccc4c(c3)CCc3cc(-c5cnc(C6CCCN6C(=O)OC(C)(C)C)[nH]5)ccc3-4)cc2[nH]1)C(C)C. The number of likely N-dealkylation sites (tertiary alicyclic amines) is 2. The highest BCUT2D eigenvalue weighted by atomic mass is 16.6. The zero-order valence-corrected chi connectivity index (χ0v) is 33.1.